The SMILES string of the molecule is O=C(C1CCN(S(=O)(=O)c2ccccc2)CC1)N(Cc1ccccc1[N+](=O)[O-])CC(F)(F)F. The third kappa shape index (κ3) is 6.08. The fourth-order valence-electron chi connectivity index (χ4n) is 3.80. The number of alkyl halides is 3. The highest BCUT2D eigenvalue weighted by Gasteiger charge is 2.38. The maximum absolute atomic E-state index is 13.2. The van der Waals surface area contributed by atoms with Crippen molar-refractivity contribution in [3.05, 3.63) is 70.3 Å². The predicted octanol–water partition coefficient (Wildman–Crippen LogP) is 3.59. The fraction of sp³-hybridized carbons (Fsp3) is 0.381. The zero-order valence-electron chi connectivity index (χ0n) is 17.4. The number of nitro groups is 1. The van der Waals surface area contributed by atoms with E-state index in [0.717, 1.165) is 0 Å². The molecule has 2 aromatic rings. The Morgan fingerprint density at radius 3 is 2.21 bits per heavy atom. The lowest BCUT2D eigenvalue weighted by molar-refractivity contribution is -0.385. The molecule has 1 fully saturated rings. The molecule has 0 atom stereocenters. The van der Waals surface area contributed by atoms with E-state index in [1.54, 1.807) is 18.2 Å². The Hall–Kier alpha value is -2.99. The molecule has 1 heterocycles. The number of hydrogen-bond acceptors (Lipinski definition) is 5. The van der Waals surface area contributed by atoms with Gasteiger partial charge in [0.05, 0.1) is 16.4 Å². The van der Waals surface area contributed by atoms with Crippen molar-refractivity contribution >= 4 is 21.6 Å². The second kappa shape index (κ2) is 9.87. The summed E-state index contributed by atoms with van der Waals surface area (Å²) in [5.74, 6) is -1.63. The Bertz CT molecular complexity index is 1100. The monoisotopic (exact) mass is 485 g/mol. The number of para-hydroxylation sites is 1. The molecule has 0 radical (unpaired) electrons. The van der Waals surface area contributed by atoms with E-state index < -0.39 is 46.0 Å². The number of piperidine rings is 1. The number of hydrogen-bond donors (Lipinski definition) is 0. The number of nitro benzene ring substituents is 1. The summed E-state index contributed by atoms with van der Waals surface area (Å²) in [6.07, 6.45) is -4.59. The molecular formula is C21H22F3N3O5S. The van der Waals surface area contributed by atoms with Crippen LogP contribution in [0.25, 0.3) is 0 Å². The van der Waals surface area contributed by atoms with Crippen LogP contribution in [-0.4, -0.2) is 54.3 Å². The molecule has 8 nitrogen and oxygen atoms in total. The van der Waals surface area contributed by atoms with Gasteiger partial charge >= 0.3 is 6.18 Å². The molecule has 1 aliphatic rings. The van der Waals surface area contributed by atoms with Gasteiger partial charge in [-0.3, -0.25) is 14.9 Å². The lowest BCUT2D eigenvalue weighted by Gasteiger charge is -2.34. The van der Waals surface area contributed by atoms with Crippen molar-refractivity contribution in [2.24, 2.45) is 5.92 Å². The van der Waals surface area contributed by atoms with Crippen LogP contribution >= 0.6 is 0 Å². The quantitative estimate of drug-likeness (QED) is 0.441. The van der Waals surface area contributed by atoms with E-state index in [0.29, 0.717) is 4.90 Å². The first-order valence-electron chi connectivity index (χ1n) is 10.1. The number of nitrogens with zero attached hydrogens (tertiary/aromatic N) is 3. The molecule has 0 spiro atoms. The van der Waals surface area contributed by atoms with E-state index in [2.05, 4.69) is 0 Å². The first-order chi connectivity index (χ1) is 15.5. The highest BCUT2D eigenvalue weighted by Crippen LogP contribution is 2.28. The van der Waals surface area contributed by atoms with Gasteiger partial charge < -0.3 is 4.90 Å². The van der Waals surface area contributed by atoms with E-state index in [-0.39, 0.29) is 42.1 Å². The van der Waals surface area contributed by atoms with E-state index in [4.69, 9.17) is 0 Å². The summed E-state index contributed by atoms with van der Waals surface area (Å²) in [6.45, 7) is -2.16. The Kier molecular flexibility index (Phi) is 7.38. The number of benzene rings is 2. The third-order valence-electron chi connectivity index (χ3n) is 5.42. The van der Waals surface area contributed by atoms with Gasteiger partial charge in [-0.1, -0.05) is 36.4 Å². The van der Waals surface area contributed by atoms with Crippen LogP contribution in [0, 0.1) is 16.0 Å². The van der Waals surface area contributed by atoms with Crippen LogP contribution in [0.4, 0.5) is 18.9 Å². The van der Waals surface area contributed by atoms with E-state index in [1.807, 2.05) is 0 Å². The van der Waals surface area contributed by atoms with Crippen molar-refractivity contribution in [3.8, 4) is 0 Å². The van der Waals surface area contributed by atoms with Gasteiger partial charge in [0, 0.05) is 30.6 Å². The maximum Gasteiger partial charge on any atom is 0.406 e. The van der Waals surface area contributed by atoms with Gasteiger partial charge in [0.15, 0.2) is 0 Å². The topological polar surface area (TPSA) is 101 Å². The molecule has 1 aliphatic heterocycles. The minimum Gasteiger partial charge on any atom is -0.329 e. The lowest BCUT2D eigenvalue weighted by Crippen LogP contribution is -2.46. The standard InChI is InChI=1S/C21H22F3N3O5S/c22-21(23,24)15-25(14-17-6-4-5-9-19(17)27(29)30)20(28)16-10-12-26(13-11-16)33(31,32)18-7-2-1-3-8-18/h1-9,16H,10-15H2. The fourth-order valence-corrected chi connectivity index (χ4v) is 5.29. The molecule has 1 saturated heterocycles. The van der Waals surface area contributed by atoms with Gasteiger partial charge in [0.25, 0.3) is 5.69 Å². The summed E-state index contributed by atoms with van der Waals surface area (Å²) in [5.41, 5.74) is -0.384. The van der Waals surface area contributed by atoms with Crippen LogP contribution in [0.2, 0.25) is 0 Å². The minimum atomic E-state index is -4.70. The average molecular weight is 485 g/mol. The van der Waals surface area contributed by atoms with E-state index in [1.165, 1.54) is 40.7 Å². The van der Waals surface area contributed by atoms with Gasteiger partial charge in [-0.2, -0.15) is 17.5 Å². The van der Waals surface area contributed by atoms with E-state index >= 15 is 0 Å². The maximum atomic E-state index is 13.2. The van der Waals surface area contributed by atoms with Crippen LogP contribution in [0.3, 0.4) is 0 Å². The zero-order valence-corrected chi connectivity index (χ0v) is 18.3. The highest BCUT2D eigenvalue weighted by molar-refractivity contribution is 7.89. The van der Waals surface area contributed by atoms with Crippen molar-refractivity contribution in [2.75, 3.05) is 19.6 Å². The second-order valence-corrected chi connectivity index (χ2v) is 9.62. The zero-order chi connectivity index (χ0) is 24.2. The number of amides is 1. The second-order valence-electron chi connectivity index (χ2n) is 7.69. The Balaban J connectivity index is 1.75. The lowest BCUT2D eigenvalue weighted by atomic mass is 9.96. The summed E-state index contributed by atoms with van der Waals surface area (Å²) in [7, 11) is -3.77. The molecule has 0 unspecified atom stereocenters. The molecule has 12 heteroatoms. The van der Waals surface area contributed by atoms with Crippen LogP contribution in [0.15, 0.2) is 59.5 Å². The van der Waals surface area contributed by atoms with Crippen LogP contribution in [0.5, 0.6) is 0 Å². The van der Waals surface area contributed by atoms with Gasteiger partial charge in [-0.25, -0.2) is 8.42 Å². The number of halogens is 3. The summed E-state index contributed by atoms with van der Waals surface area (Å²) in [4.78, 5) is 24.2. The average Bonchev–Trinajstić information content (AvgIpc) is 2.78. The molecule has 178 valence electrons. The molecule has 0 aromatic heterocycles. The molecule has 0 bridgehead atoms. The van der Waals surface area contributed by atoms with Crippen LogP contribution in [0.1, 0.15) is 18.4 Å². The van der Waals surface area contributed by atoms with Crippen molar-refractivity contribution < 1.29 is 31.3 Å². The number of rotatable bonds is 7. The summed E-state index contributed by atoms with van der Waals surface area (Å²) >= 11 is 0. The van der Waals surface area contributed by atoms with Gasteiger partial charge in [0.2, 0.25) is 15.9 Å². The molecule has 0 saturated carbocycles. The minimum absolute atomic E-state index is 0.0100. The highest BCUT2D eigenvalue weighted by atomic mass is 32.2. The molecule has 33 heavy (non-hydrogen) atoms. The Morgan fingerprint density at radius 2 is 1.64 bits per heavy atom. The predicted molar refractivity (Wildman–Crippen MR) is 112 cm³/mol. The molecule has 1 amide bonds. The third-order valence-corrected chi connectivity index (χ3v) is 7.33. The Morgan fingerprint density at radius 1 is 1.06 bits per heavy atom. The summed E-state index contributed by atoms with van der Waals surface area (Å²) in [5, 5.41) is 11.2. The normalized spacial score (nSPS) is 15.8. The summed E-state index contributed by atoms with van der Waals surface area (Å²) in [6, 6.07) is 13.1. The smallest absolute Gasteiger partial charge is 0.329 e. The van der Waals surface area contributed by atoms with Crippen molar-refractivity contribution in [2.45, 2.75) is 30.5 Å². The number of carbonyl (C=O) groups excluding carboxylic acids is 1. The largest absolute Gasteiger partial charge is 0.406 e. The van der Waals surface area contributed by atoms with Crippen molar-refractivity contribution in [1.29, 1.82) is 0 Å². The molecule has 0 N–H and O–H groups in total. The molecule has 2 aromatic carbocycles. The van der Waals surface area contributed by atoms with E-state index in [9.17, 15) is 36.5 Å². The number of carbonyl (C=O) groups is 1. The van der Waals surface area contributed by atoms with Crippen molar-refractivity contribution in [3.63, 3.8) is 0 Å². The van der Waals surface area contributed by atoms with Gasteiger partial charge in [-0.15, -0.1) is 0 Å². The molecular weight excluding hydrogens is 463 g/mol. The van der Waals surface area contributed by atoms with Crippen molar-refractivity contribution in [1.82, 2.24) is 9.21 Å². The number of sulfonamides is 1. The Labute approximate surface area is 188 Å². The molecule has 3 rings (SSSR count). The molecule has 0 aliphatic carbocycles. The summed E-state index contributed by atoms with van der Waals surface area (Å²) < 4.78 is 66.3. The van der Waals surface area contributed by atoms with Crippen LogP contribution < -0.4 is 0 Å². The van der Waals surface area contributed by atoms with Gasteiger partial charge in [-0.05, 0) is 25.0 Å². The first-order valence-corrected chi connectivity index (χ1v) is 11.6. The van der Waals surface area contributed by atoms with Crippen LogP contribution in [-0.2, 0) is 21.4 Å². The first kappa shape index (κ1) is 24.6. The van der Waals surface area contributed by atoms with Gasteiger partial charge in [0.1, 0.15) is 6.54 Å².